The number of amides is 4. The second kappa shape index (κ2) is 19.9. The van der Waals surface area contributed by atoms with Crippen molar-refractivity contribution >= 4 is 35.6 Å². The molecule has 0 aromatic heterocycles. The molecule has 0 radical (unpaired) electrons. The Morgan fingerprint density at radius 3 is 2.00 bits per heavy atom. The zero-order valence-electron chi connectivity index (χ0n) is 25.8. The summed E-state index contributed by atoms with van der Waals surface area (Å²) in [6.45, 7) is 2.59. The number of nitrogens with two attached hydrogens (primary N) is 4. The first-order chi connectivity index (χ1) is 21.6. The molecule has 2 aromatic rings. The first-order valence-electron chi connectivity index (χ1n) is 14.3. The van der Waals surface area contributed by atoms with E-state index >= 15 is 0 Å². The Balaban J connectivity index is 0.00000249. The molecule has 0 bridgehead atoms. The molecule has 252 valence electrons. The van der Waals surface area contributed by atoms with Gasteiger partial charge in [0.2, 0.25) is 23.6 Å². The minimum absolute atomic E-state index is 0.0610. The predicted molar refractivity (Wildman–Crippen MR) is 168 cm³/mol. The summed E-state index contributed by atoms with van der Waals surface area (Å²) in [4.78, 5) is 65.3. The summed E-state index contributed by atoms with van der Waals surface area (Å²) in [6, 6.07) is 8.57. The minimum Gasteiger partial charge on any atom is -0.508 e. The van der Waals surface area contributed by atoms with E-state index in [9.17, 15) is 28.7 Å². The molecular weight excluding hydrogens is 603 g/mol. The standard InChI is InChI=1S/C28H39FN8O5.C2H4O2/c1-2-37(23(25(31)40)15-18-5-9-19(29)10-6-18)24(39)16-35-27(42)22(4-3-13-34-28(32)33)36-26(41)21(30)14-17-7-11-20(38)12-8-17;1-2(3)4/h5-12,21-23,38H,2-4,13-16,30H2,1H3,(H2,31,40)(H,35,42)(H,36,41)(H4,32,33,34);1H3,(H,3,4)/t21-,22+,23+;/m0./s1. The molecule has 0 aliphatic rings. The van der Waals surface area contributed by atoms with Gasteiger partial charge in [0.1, 0.15) is 23.7 Å². The molecule has 4 amide bonds. The number of rotatable bonds is 16. The van der Waals surface area contributed by atoms with Gasteiger partial charge in [-0.3, -0.25) is 29.0 Å². The third-order valence-corrected chi connectivity index (χ3v) is 6.43. The van der Waals surface area contributed by atoms with Crippen LogP contribution in [0, 0.1) is 5.82 Å². The lowest BCUT2D eigenvalue weighted by molar-refractivity contribution is -0.139. The Hall–Kier alpha value is -5.25. The largest absolute Gasteiger partial charge is 0.508 e. The van der Waals surface area contributed by atoms with Crippen molar-refractivity contribution in [2.75, 3.05) is 19.6 Å². The number of aliphatic carboxylic acids is 1. The maximum absolute atomic E-state index is 13.3. The van der Waals surface area contributed by atoms with Crippen molar-refractivity contribution in [1.29, 1.82) is 0 Å². The first kappa shape index (κ1) is 38.8. The summed E-state index contributed by atoms with van der Waals surface area (Å²) in [5, 5.41) is 22.0. The molecule has 0 spiro atoms. The summed E-state index contributed by atoms with van der Waals surface area (Å²) in [5.41, 5.74) is 23.6. The average Bonchev–Trinajstić information content (AvgIpc) is 2.98. The van der Waals surface area contributed by atoms with Gasteiger partial charge in [0.05, 0.1) is 12.6 Å². The van der Waals surface area contributed by atoms with Crippen LogP contribution in [0.25, 0.3) is 0 Å². The van der Waals surface area contributed by atoms with E-state index in [1.807, 2.05) is 0 Å². The Labute approximate surface area is 266 Å². The highest BCUT2D eigenvalue weighted by molar-refractivity contribution is 5.93. The van der Waals surface area contributed by atoms with E-state index in [0.29, 0.717) is 17.5 Å². The SMILES string of the molecule is CC(=O)O.CCN(C(=O)CNC(=O)[C@@H](CCCN=C(N)N)NC(=O)[C@@H](N)Cc1ccc(O)cc1)[C@H](Cc1ccc(F)cc1)C(N)=O. The van der Waals surface area contributed by atoms with Gasteiger partial charge in [-0.1, -0.05) is 24.3 Å². The van der Waals surface area contributed by atoms with E-state index in [1.165, 1.54) is 41.3 Å². The summed E-state index contributed by atoms with van der Waals surface area (Å²) < 4.78 is 13.3. The summed E-state index contributed by atoms with van der Waals surface area (Å²) in [6.07, 6.45) is 0.687. The molecule has 0 fully saturated rings. The number of hydrogen-bond donors (Lipinski definition) is 8. The number of aromatic hydroxyl groups is 1. The van der Waals surface area contributed by atoms with Gasteiger partial charge in [0, 0.05) is 26.4 Å². The number of phenols is 1. The number of carbonyl (C=O) groups excluding carboxylic acids is 4. The molecule has 0 unspecified atom stereocenters. The number of primary amides is 1. The second-order valence-electron chi connectivity index (χ2n) is 10.2. The third-order valence-electron chi connectivity index (χ3n) is 6.43. The van der Waals surface area contributed by atoms with E-state index in [1.54, 1.807) is 19.1 Å². The number of carboxylic acid groups (broad SMARTS) is 1. The van der Waals surface area contributed by atoms with Crippen molar-refractivity contribution < 1.29 is 38.6 Å². The van der Waals surface area contributed by atoms with Crippen LogP contribution in [0.2, 0.25) is 0 Å². The van der Waals surface area contributed by atoms with Gasteiger partial charge < -0.3 is 48.7 Å². The number of benzene rings is 2. The molecule has 0 saturated carbocycles. The van der Waals surface area contributed by atoms with Crippen LogP contribution in [0.1, 0.15) is 37.8 Å². The summed E-state index contributed by atoms with van der Waals surface area (Å²) >= 11 is 0. The van der Waals surface area contributed by atoms with E-state index in [2.05, 4.69) is 15.6 Å². The van der Waals surface area contributed by atoms with E-state index in [0.717, 1.165) is 6.92 Å². The lowest BCUT2D eigenvalue weighted by Gasteiger charge is -2.29. The number of aliphatic imine (C=N–C) groups is 1. The normalized spacial score (nSPS) is 12.3. The van der Waals surface area contributed by atoms with E-state index < -0.39 is 60.1 Å². The molecule has 0 saturated heterocycles. The highest BCUT2D eigenvalue weighted by Crippen LogP contribution is 2.12. The predicted octanol–water partition coefficient (Wildman–Crippen LogP) is -0.908. The Morgan fingerprint density at radius 1 is 0.935 bits per heavy atom. The van der Waals surface area contributed by atoms with Crippen LogP contribution in [-0.2, 0) is 36.8 Å². The van der Waals surface area contributed by atoms with Gasteiger partial charge in [0.15, 0.2) is 5.96 Å². The fourth-order valence-electron chi connectivity index (χ4n) is 4.20. The zero-order valence-corrected chi connectivity index (χ0v) is 25.8. The van der Waals surface area contributed by atoms with Gasteiger partial charge in [-0.25, -0.2) is 4.39 Å². The van der Waals surface area contributed by atoms with Crippen LogP contribution in [0.3, 0.4) is 0 Å². The van der Waals surface area contributed by atoms with Gasteiger partial charge in [-0.2, -0.15) is 0 Å². The molecule has 0 aliphatic carbocycles. The molecule has 2 aromatic carbocycles. The number of guanidine groups is 1. The average molecular weight is 647 g/mol. The van der Waals surface area contributed by atoms with Crippen molar-refractivity contribution in [3.05, 3.63) is 65.5 Å². The molecule has 46 heavy (non-hydrogen) atoms. The summed E-state index contributed by atoms with van der Waals surface area (Å²) in [7, 11) is 0. The minimum atomic E-state index is -1.06. The zero-order chi connectivity index (χ0) is 34.8. The number of nitrogens with zero attached hydrogens (tertiary/aromatic N) is 2. The maximum atomic E-state index is 13.3. The number of nitrogens with one attached hydrogen (secondary N) is 2. The quantitative estimate of drug-likeness (QED) is 0.0632. The van der Waals surface area contributed by atoms with Crippen molar-refractivity contribution in [3.8, 4) is 5.75 Å². The van der Waals surface area contributed by atoms with Crippen LogP contribution in [0.5, 0.6) is 5.75 Å². The van der Waals surface area contributed by atoms with E-state index in [4.69, 9.17) is 32.8 Å². The number of halogens is 1. The molecule has 15 nitrogen and oxygen atoms in total. The van der Waals surface area contributed by atoms with Crippen LogP contribution in [-0.4, -0.2) is 88.4 Å². The lowest BCUT2D eigenvalue weighted by atomic mass is 10.0. The van der Waals surface area contributed by atoms with Gasteiger partial charge in [-0.15, -0.1) is 0 Å². The van der Waals surface area contributed by atoms with Crippen molar-refractivity contribution in [1.82, 2.24) is 15.5 Å². The smallest absolute Gasteiger partial charge is 0.300 e. The fraction of sp³-hybridized carbons (Fsp3) is 0.400. The Morgan fingerprint density at radius 2 is 1.48 bits per heavy atom. The van der Waals surface area contributed by atoms with Crippen LogP contribution in [0.4, 0.5) is 4.39 Å². The van der Waals surface area contributed by atoms with Crippen LogP contribution in [0.15, 0.2) is 53.5 Å². The number of hydrogen-bond acceptors (Lipinski definition) is 8. The third kappa shape index (κ3) is 15.0. The van der Waals surface area contributed by atoms with Crippen molar-refractivity contribution in [3.63, 3.8) is 0 Å². The van der Waals surface area contributed by atoms with Gasteiger partial charge in [-0.05, 0) is 61.6 Å². The van der Waals surface area contributed by atoms with Crippen molar-refractivity contribution in [2.45, 2.75) is 57.7 Å². The number of carboxylic acids is 1. The molecular formula is C30H43FN8O7. The second-order valence-corrected chi connectivity index (χ2v) is 10.2. The topological polar surface area (TPSA) is 270 Å². The number of phenolic OH excluding ortho intramolecular Hbond substituents is 1. The van der Waals surface area contributed by atoms with Crippen molar-refractivity contribution in [2.24, 2.45) is 27.9 Å². The Kier molecular flexibility index (Phi) is 16.8. The number of carbonyl (C=O) groups is 5. The molecule has 3 atom stereocenters. The monoisotopic (exact) mass is 646 g/mol. The fourth-order valence-corrected chi connectivity index (χ4v) is 4.20. The number of likely N-dealkylation sites (N-methyl/N-ethyl adjacent to an activating group) is 1. The molecule has 0 heterocycles. The lowest BCUT2D eigenvalue weighted by Crippen LogP contribution is -2.55. The molecule has 0 aliphatic heterocycles. The van der Waals surface area contributed by atoms with E-state index in [-0.39, 0.29) is 44.1 Å². The highest BCUT2D eigenvalue weighted by atomic mass is 19.1. The molecule has 2 rings (SSSR count). The van der Waals surface area contributed by atoms with Gasteiger partial charge >= 0.3 is 0 Å². The Bertz CT molecular complexity index is 1330. The maximum Gasteiger partial charge on any atom is 0.300 e. The molecule has 12 N–H and O–H groups in total. The first-order valence-corrected chi connectivity index (χ1v) is 14.3. The highest BCUT2D eigenvalue weighted by Gasteiger charge is 2.29. The summed E-state index contributed by atoms with van der Waals surface area (Å²) in [5.74, 6) is -3.90. The van der Waals surface area contributed by atoms with Crippen LogP contribution >= 0.6 is 0 Å². The van der Waals surface area contributed by atoms with Gasteiger partial charge in [0.25, 0.3) is 5.97 Å². The molecule has 16 heteroatoms. The van der Waals surface area contributed by atoms with Crippen LogP contribution < -0.4 is 33.6 Å².